The second-order valence-electron chi connectivity index (χ2n) is 5.53. The zero-order chi connectivity index (χ0) is 15.8. The van der Waals surface area contributed by atoms with Crippen LogP contribution in [0.25, 0.3) is 0 Å². The fourth-order valence-electron chi connectivity index (χ4n) is 2.23. The number of nitrogens with one attached hydrogen (secondary N) is 1. The molecule has 0 aliphatic carbocycles. The Morgan fingerprint density at radius 1 is 1.24 bits per heavy atom. The van der Waals surface area contributed by atoms with Crippen LogP contribution in [0.4, 0.5) is 0 Å². The monoisotopic (exact) mass is 293 g/mol. The molecule has 0 aromatic heterocycles. The summed E-state index contributed by atoms with van der Waals surface area (Å²) in [5.74, 6) is 0.00296. The first-order valence-electron chi connectivity index (χ1n) is 7.06. The van der Waals surface area contributed by atoms with Crippen LogP contribution in [0.2, 0.25) is 0 Å². The summed E-state index contributed by atoms with van der Waals surface area (Å²) in [4.78, 5) is 22.9. The molecule has 0 aliphatic rings. The second-order valence-corrected chi connectivity index (χ2v) is 5.53. The van der Waals surface area contributed by atoms with E-state index < -0.39 is 5.97 Å². The Labute approximate surface area is 125 Å². The first kappa shape index (κ1) is 17.0. The van der Waals surface area contributed by atoms with E-state index >= 15 is 0 Å². The molecule has 116 valence electrons. The Kier molecular flexibility index (Phi) is 6.72. The summed E-state index contributed by atoms with van der Waals surface area (Å²) in [5.41, 5.74) is 0.537. The Hall–Kier alpha value is -2.04. The van der Waals surface area contributed by atoms with Crippen molar-refractivity contribution in [2.45, 2.75) is 26.7 Å². The van der Waals surface area contributed by atoms with Crippen molar-refractivity contribution in [2.24, 2.45) is 11.8 Å². The first-order valence-corrected chi connectivity index (χ1v) is 7.06. The van der Waals surface area contributed by atoms with Crippen LogP contribution in [-0.4, -0.2) is 30.6 Å². The number of amides is 1. The number of carboxylic acids is 1. The molecule has 2 N–H and O–H groups in total. The second kappa shape index (κ2) is 8.29. The molecule has 1 aromatic rings. The van der Waals surface area contributed by atoms with Gasteiger partial charge in [0, 0.05) is 18.5 Å². The number of hydrogen-bond donors (Lipinski definition) is 2. The standard InChI is InChI=1S/C16H23NO4/c1-11(2)8-12(9-15(18)19)10-17-16(20)13-4-6-14(21-3)7-5-13/h4-7,11-12H,8-10H2,1-3H3,(H,17,20)(H,18,19)/t12-/m0/s1. The van der Waals surface area contributed by atoms with Crippen LogP contribution in [0.15, 0.2) is 24.3 Å². The zero-order valence-corrected chi connectivity index (χ0v) is 12.8. The van der Waals surface area contributed by atoms with Gasteiger partial charge in [-0.15, -0.1) is 0 Å². The fraction of sp³-hybridized carbons (Fsp3) is 0.500. The van der Waals surface area contributed by atoms with E-state index in [4.69, 9.17) is 9.84 Å². The molecule has 1 amide bonds. The first-order chi connectivity index (χ1) is 9.92. The average molecular weight is 293 g/mol. The van der Waals surface area contributed by atoms with Gasteiger partial charge in [-0.1, -0.05) is 13.8 Å². The maximum absolute atomic E-state index is 12.0. The highest BCUT2D eigenvalue weighted by atomic mass is 16.5. The third-order valence-electron chi connectivity index (χ3n) is 3.17. The molecule has 1 aromatic carbocycles. The van der Waals surface area contributed by atoms with Gasteiger partial charge >= 0.3 is 5.97 Å². The predicted molar refractivity (Wildman–Crippen MR) is 80.5 cm³/mol. The fourth-order valence-corrected chi connectivity index (χ4v) is 2.23. The van der Waals surface area contributed by atoms with Crippen molar-refractivity contribution in [3.05, 3.63) is 29.8 Å². The zero-order valence-electron chi connectivity index (χ0n) is 12.8. The van der Waals surface area contributed by atoms with Crippen molar-refractivity contribution in [1.82, 2.24) is 5.32 Å². The topological polar surface area (TPSA) is 75.6 Å². The van der Waals surface area contributed by atoms with E-state index in [9.17, 15) is 9.59 Å². The molecule has 0 bridgehead atoms. The third kappa shape index (κ3) is 6.29. The van der Waals surface area contributed by atoms with E-state index in [1.807, 2.05) is 13.8 Å². The lowest BCUT2D eigenvalue weighted by Gasteiger charge is -2.17. The highest BCUT2D eigenvalue weighted by molar-refractivity contribution is 5.94. The van der Waals surface area contributed by atoms with Gasteiger partial charge < -0.3 is 15.2 Å². The van der Waals surface area contributed by atoms with Crippen molar-refractivity contribution in [1.29, 1.82) is 0 Å². The maximum atomic E-state index is 12.0. The lowest BCUT2D eigenvalue weighted by Crippen LogP contribution is -2.31. The number of hydrogen-bond acceptors (Lipinski definition) is 3. The molecule has 0 fully saturated rings. The summed E-state index contributed by atoms with van der Waals surface area (Å²) < 4.78 is 5.04. The van der Waals surface area contributed by atoms with Gasteiger partial charge in [-0.3, -0.25) is 9.59 Å². The maximum Gasteiger partial charge on any atom is 0.303 e. The molecule has 0 radical (unpaired) electrons. The van der Waals surface area contributed by atoms with Crippen molar-refractivity contribution < 1.29 is 19.4 Å². The molecule has 0 spiro atoms. The Morgan fingerprint density at radius 3 is 2.33 bits per heavy atom. The molecule has 5 nitrogen and oxygen atoms in total. The normalized spacial score (nSPS) is 12.0. The summed E-state index contributed by atoms with van der Waals surface area (Å²) in [7, 11) is 1.57. The minimum atomic E-state index is -0.834. The van der Waals surface area contributed by atoms with Crippen molar-refractivity contribution in [3.8, 4) is 5.75 Å². The molecule has 21 heavy (non-hydrogen) atoms. The van der Waals surface area contributed by atoms with E-state index in [1.165, 1.54) is 0 Å². The average Bonchev–Trinajstić information content (AvgIpc) is 2.43. The smallest absolute Gasteiger partial charge is 0.303 e. The van der Waals surface area contributed by atoms with Crippen LogP contribution >= 0.6 is 0 Å². The highest BCUT2D eigenvalue weighted by Gasteiger charge is 2.16. The number of methoxy groups -OCH3 is 1. The van der Waals surface area contributed by atoms with Gasteiger partial charge in [0.2, 0.25) is 0 Å². The SMILES string of the molecule is COc1ccc(C(=O)NC[C@H](CC(=O)O)CC(C)C)cc1. The van der Waals surface area contributed by atoms with Crippen LogP contribution in [0.1, 0.15) is 37.0 Å². The van der Waals surface area contributed by atoms with Crippen LogP contribution < -0.4 is 10.1 Å². The van der Waals surface area contributed by atoms with E-state index in [2.05, 4.69) is 5.32 Å². The molecular formula is C16H23NO4. The van der Waals surface area contributed by atoms with Crippen LogP contribution in [0.3, 0.4) is 0 Å². The number of carbonyl (C=O) groups is 2. The predicted octanol–water partition coefficient (Wildman–Crippen LogP) is 2.56. The van der Waals surface area contributed by atoms with Crippen LogP contribution in [-0.2, 0) is 4.79 Å². The molecule has 1 atom stereocenters. The third-order valence-corrected chi connectivity index (χ3v) is 3.17. The quantitative estimate of drug-likeness (QED) is 0.772. The summed E-state index contributed by atoms with van der Waals surface area (Å²) in [6.07, 6.45) is 0.844. The number of carbonyl (C=O) groups excluding carboxylic acids is 1. The number of aliphatic carboxylic acids is 1. The van der Waals surface area contributed by atoms with E-state index in [1.54, 1.807) is 31.4 Å². The minimum absolute atomic E-state index is 0.0512. The van der Waals surface area contributed by atoms with Crippen molar-refractivity contribution >= 4 is 11.9 Å². The van der Waals surface area contributed by atoms with Crippen molar-refractivity contribution in [3.63, 3.8) is 0 Å². The Bertz CT molecular complexity index is 468. The van der Waals surface area contributed by atoms with E-state index in [0.717, 1.165) is 6.42 Å². The van der Waals surface area contributed by atoms with Crippen LogP contribution in [0, 0.1) is 11.8 Å². The van der Waals surface area contributed by atoms with Crippen molar-refractivity contribution in [2.75, 3.05) is 13.7 Å². The largest absolute Gasteiger partial charge is 0.497 e. The molecule has 0 saturated carbocycles. The molecule has 0 aliphatic heterocycles. The van der Waals surface area contributed by atoms with Gasteiger partial charge in [0.1, 0.15) is 5.75 Å². The molecular weight excluding hydrogens is 270 g/mol. The number of ether oxygens (including phenoxy) is 1. The highest BCUT2D eigenvalue weighted by Crippen LogP contribution is 2.15. The summed E-state index contributed by atoms with van der Waals surface area (Å²) in [6.45, 7) is 4.45. The van der Waals surface area contributed by atoms with Crippen LogP contribution in [0.5, 0.6) is 5.75 Å². The van der Waals surface area contributed by atoms with Gasteiger partial charge in [-0.05, 0) is 42.5 Å². The van der Waals surface area contributed by atoms with Gasteiger partial charge in [0.25, 0.3) is 5.91 Å². The Morgan fingerprint density at radius 2 is 1.86 bits per heavy atom. The Balaban J connectivity index is 2.56. The summed E-state index contributed by atoms with van der Waals surface area (Å²) in [6, 6.07) is 6.81. The molecule has 0 unspecified atom stereocenters. The lowest BCUT2D eigenvalue weighted by molar-refractivity contribution is -0.138. The van der Waals surface area contributed by atoms with Gasteiger partial charge in [-0.25, -0.2) is 0 Å². The van der Waals surface area contributed by atoms with Gasteiger partial charge in [-0.2, -0.15) is 0 Å². The number of rotatable bonds is 8. The lowest BCUT2D eigenvalue weighted by atomic mass is 9.94. The summed E-state index contributed by atoms with van der Waals surface area (Å²) in [5, 5.41) is 11.7. The molecule has 1 rings (SSSR count). The van der Waals surface area contributed by atoms with Gasteiger partial charge in [0.15, 0.2) is 0 Å². The minimum Gasteiger partial charge on any atom is -0.497 e. The molecule has 0 saturated heterocycles. The van der Waals surface area contributed by atoms with E-state index in [-0.39, 0.29) is 18.2 Å². The number of carboxylic acid groups (broad SMARTS) is 1. The molecule has 5 heteroatoms. The summed E-state index contributed by atoms with van der Waals surface area (Å²) >= 11 is 0. The number of benzene rings is 1. The van der Waals surface area contributed by atoms with E-state index in [0.29, 0.717) is 23.8 Å². The van der Waals surface area contributed by atoms with Gasteiger partial charge in [0.05, 0.1) is 7.11 Å². The molecule has 0 heterocycles.